The van der Waals surface area contributed by atoms with E-state index >= 15 is 0 Å². The molecule has 4 rings (SSSR count). The number of rotatable bonds is 5. The normalized spacial score (nSPS) is 10.9. The van der Waals surface area contributed by atoms with Crippen molar-refractivity contribution in [2.24, 2.45) is 0 Å². The zero-order valence-electron chi connectivity index (χ0n) is 16.3. The number of hydrogen-bond donors (Lipinski definition) is 1. The average Bonchev–Trinajstić information content (AvgIpc) is 3.12. The second-order valence-electron chi connectivity index (χ2n) is 6.93. The van der Waals surface area contributed by atoms with E-state index in [9.17, 15) is 4.79 Å². The van der Waals surface area contributed by atoms with Gasteiger partial charge in [0.15, 0.2) is 12.2 Å². The number of nitrogens with one attached hydrogen (secondary N) is 1. The van der Waals surface area contributed by atoms with Gasteiger partial charge in [-0.05, 0) is 73.5 Å². The highest BCUT2D eigenvalue weighted by Crippen LogP contribution is 2.31. The van der Waals surface area contributed by atoms with Crippen molar-refractivity contribution in [2.75, 3.05) is 11.9 Å². The summed E-state index contributed by atoms with van der Waals surface area (Å²) in [5.74, 6) is 0.712. The molecule has 0 saturated heterocycles. The van der Waals surface area contributed by atoms with Crippen LogP contribution in [0.4, 0.5) is 5.69 Å². The lowest BCUT2D eigenvalue weighted by molar-refractivity contribution is -0.118. The molecule has 30 heavy (non-hydrogen) atoms. The maximum Gasteiger partial charge on any atom is 0.262 e. The van der Waals surface area contributed by atoms with Crippen molar-refractivity contribution < 1.29 is 13.9 Å². The van der Waals surface area contributed by atoms with E-state index in [1.165, 1.54) is 0 Å². The number of benzene rings is 3. The zero-order chi connectivity index (χ0) is 21.3. The van der Waals surface area contributed by atoms with Crippen LogP contribution in [0.2, 0.25) is 10.0 Å². The molecule has 4 aromatic rings. The second kappa shape index (κ2) is 8.38. The lowest BCUT2D eigenvalue weighted by atomic mass is 10.2. The van der Waals surface area contributed by atoms with E-state index in [0.717, 1.165) is 16.6 Å². The monoisotopic (exact) mass is 440 g/mol. The Labute approximate surface area is 183 Å². The van der Waals surface area contributed by atoms with E-state index in [0.29, 0.717) is 38.5 Å². The number of ether oxygens (including phenoxy) is 1. The van der Waals surface area contributed by atoms with Gasteiger partial charge >= 0.3 is 0 Å². The standard InChI is InChI=1S/C23H18Cl2N2O3/c1-13-3-7-18-21(9-13)30-23(27-18)15-4-6-17(25)19(11-15)26-22(28)12-29-20-8-5-16(24)10-14(20)2/h3-11H,12H2,1-2H3,(H,26,28). The highest BCUT2D eigenvalue weighted by molar-refractivity contribution is 6.33. The molecule has 0 radical (unpaired) electrons. The van der Waals surface area contributed by atoms with Crippen LogP contribution in [-0.2, 0) is 4.79 Å². The van der Waals surface area contributed by atoms with Crippen LogP contribution in [0.3, 0.4) is 0 Å². The molecule has 0 bridgehead atoms. The molecule has 0 spiro atoms. The number of halogens is 2. The third-order valence-electron chi connectivity index (χ3n) is 4.53. The molecule has 0 aliphatic rings. The number of aryl methyl sites for hydroxylation is 2. The number of anilines is 1. The van der Waals surface area contributed by atoms with Crippen LogP contribution < -0.4 is 10.1 Å². The molecule has 1 aromatic heterocycles. The first-order valence-corrected chi connectivity index (χ1v) is 10.0. The van der Waals surface area contributed by atoms with Crippen molar-refractivity contribution >= 4 is 45.9 Å². The molecule has 0 aliphatic carbocycles. The van der Waals surface area contributed by atoms with E-state index in [2.05, 4.69) is 10.3 Å². The fourth-order valence-electron chi connectivity index (χ4n) is 3.01. The molecule has 1 heterocycles. The van der Waals surface area contributed by atoms with Crippen molar-refractivity contribution in [3.63, 3.8) is 0 Å². The summed E-state index contributed by atoms with van der Waals surface area (Å²) in [7, 11) is 0. The summed E-state index contributed by atoms with van der Waals surface area (Å²) in [6.45, 7) is 3.69. The van der Waals surface area contributed by atoms with Crippen LogP contribution in [-0.4, -0.2) is 17.5 Å². The van der Waals surface area contributed by atoms with Gasteiger partial charge in [0.25, 0.3) is 5.91 Å². The number of hydrogen-bond acceptors (Lipinski definition) is 4. The number of fused-ring (bicyclic) bond motifs is 1. The first-order chi connectivity index (χ1) is 14.4. The summed E-state index contributed by atoms with van der Waals surface area (Å²) >= 11 is 12.2. The van der Waals surface area contributed by atoms with Crippen molar-refractivity contribution in [1.29, 1.82) is 0 Å². The first kappa shape index (κ1) is 20.3. The van der Waals surface area contributed by atoms with Gasteiger partial charge in [-0.25, -0.2) is 4.98 Å². The molecule has 7 heteroatoms. The van der Waals surface area contributed by atoms with Gasteiger partial charge in [0.1, 0.15) is 11.3 Å². The quantitative estimate of drug-likeness (QED) is 0.387. The van der Waals surface area contributed by atoms with Crippen molar-refractivity contribution in [3.05, 3.63) is 75.8 Å². The van der Waals surface area contributed by atoms with E-state index in [1.54, 1.807) is 36.4 Å². The smallest absolute Gasteiger partial charge is 0.262 e. The van der Waals surface area contributed by atoms with Crippen LogP contribution in [0.1, 0.15) is 11.1 Å². The van der Waals surface area contributed by atoms with Crippen molar-refractivity contribution in [1.82, 2.24) is 4.98 Å². The lowest BCUT2D eigenvalue weighted by Crippen LogP contribution is -2.20. The number of carbonyl (C=O) groups excluding carboxylic acids is 1. The van der Waals surface area contributed by atoms with Crippen LogP contribution in [0.25, 0.3) is 22.6 Å². The molecular weight excluding hydrogens is 423 g/mol. The van der Waals surface area contributed by atoms with Gasteiger partial charge in [-0.3, -0.25) is 4.79 Å². The Kier molecular flexibility index (Phi) is 5.66. The van der Waals surface area contributed by atoms with E-state index < -0.39 is 0 Å². The van der Waals surface area contributed by atoms with E-state index in [-0.39, 0.29) is 12.5 Å². The van der Waals surface area contributed by atoms with Gasteiger partial charge in [0.05, 0.1) is 10.7 Å². The number of nitrogens with zero attached hydrogens (tertiary/aromatic N) is 1. The fraction of sp³-hybridized carbons (Fsp3) is 0.130. The van der Waals surface area contributed by atoms with Crippen LogP contribution in [0, 0.1) is 13.8 Å². The lowest BCUT2D eigenvalue weighted by Gasteiger charge is -2.11. The van der Waals surface area contributed by atoms with Crippen molar-refractivity contribution in [2.45, 2.75) is 13.8 Å². The largest absolute Gasteiger partial charge is 0.483 e. The topological polar surface area (TPSA) is 64.4 Å². The Morgan fingerprint density at radius 2 is 1.90 bits per heavy atom. The van der Waals surface area contributed by atoms with Gasteiger partial charge in [-0.15, -0.1) is 0 Å². The predicted octanol–water partition coefficient (Wildman–Crippen LogP) is 6.44. The fourth-order valence-corrected chi connectivity index (χ4v) is 3.41. The minimum atomic E-state index is -0.336. The summed E-state index contributed by atoms with van der Waals surface area (Å²) in [6.07, 6.45) is 0. The third kappa shape index (κ3) is 4.42. The van der Waals surface area contributed by atoms with Gasteiger partial charge in [0.2, 0.25) is 5.89 Å². The molecule has 3 aromatic carbocycles. The van der Waals surface area contributed by atoms with Gasteiger partial charge in [-0.2, -0.15) is 0 Å². The molecular formula is C23H18Cl2N2O3. The zero-order valence-corrected chi connectivity index (χ0v) is 17.8. The summed E-state index contributed by atoms with van der Waals surface area (Å²) in [5, 5.41) is 3.79. The molecule has 0 fully saturated rings. The minimum Gasteiger partial charge on any atom is -0.483 e. The SMILES string of the molecule is Cc1ccc2nc(-c3ccc(Cl)c(NC(=O)COc4ccc(Cl)cc4C)c3)oc2c1. The van der Waals surface area contributed by atoms with Gasteiger partial charge in [-0.1, -0.05) is 29.3 Å². The molecule has 0 aliphatic heterocycles. The third-order valence-corrected chi connectivity index (χ3v) is 5.09. The van der Waals surface area contributed by atoms with Crippen LogP contribution >= 0.6 is 23.2 Å². The molecule has 0 saturated carbocycles. The second-order valence-corrected chi connectivity index (χ2v) is 7.78. The highest BCUT2D eigenvalue weighted by atomic mass is 35.5. The number of aromatic nitrogens is 1. The number of oxazole rings is 1. The maximum absolute atomic E-state index is 12.4. The Bertz CT molecular complexity index is 1250. The number of amides is 1. The first-order valence-electron chi connectivity index (χ1n) is 9.25. The molecule has 152 valence electrons. The Morgan fingerprint density at radius 3 is 2.70 bits per heavy atom. The van der Waals surface area contributed by atoms with Gasteiger partial charge in [0, 0.05) is 10.6 Å². The summed E-state index contributed by atoms with van der Waals surface area (Å²) in [5.41, 5.74) is 4.57. The Hall–Kier alpha value is -3.02. The average molecular weight is 441 g/mol. The molecule has 1 amide bonds. The molecule has 1 N–H and O–H groups in total. The summed E-state index contributed by atoms with van der Waals surface area (Å²) in [6, 6.07) is 16.2. The maximum atomic E-state index is 12.4. The molecule has 0 unspecified atom stereocenters. The predicted molar refractivity (Wildman–Crippen MR) is 120 cm³/mol. The summed E-state index contributed by atoms with van der Waals surface area (Å²) in [4.78, 5) is 16.9. The Morgan fingerprint density at radius 1 is 1.07 bits per heavy atom. The Balaban J connectivity index is 1.50. The van der Waals surface area contributed by atoms with Gasteiger partial charge < -0.3 is 14.5 Å². The van der Waals surface area contributed by atoms with E-state index in [1.807, 2.05) is 32.0 Å². The molecule has 0 atom stereocenters. The van der Waals surface area contributed by atoms with Crippen molar-refractivity contribution in [3.8, 4) is 17.2 Å². The highest BCUT2D eigenvalue weighted by Gasteiger charge is 2.13. The van der Waals surface area contributed by atoms with Crippen LogP contribution in [0.5, 0.6) is 5.75 Å². The minimum absolute atomic E-state index is 0.162. The number of carbonyl (C=O) groups is 1. The van der Waals surface area contributed by atoms with E-state index in [4.69, 9.17) is 32.4 Å². The van der Waals surface area contributed by atoms with Crippen LogP contribution in [0.15, 0.2) is 59.0 Å². The molecule has 5 nitrogen and oxygen atoms in total. The summed E-state index contributed by atoms with van der Waals surface area (Å²) < 4.78 is 11.4.